The lowest BCUT2D eigenvalue weighted by Crippen LogP contribution is -2.24. The van der Waals surface area contributed by atoms with Crippen molar-refractivity contribution in [3.63, 3.8) is 0 Å². The quantitative estimate of drug-likeness (QED) is 0.762. The van der Waals surface area contributed by atoms with E-state index in [4.69, 9.17) is 5.11 Å². The SMILES string of the molecule is Cn1cnnc1CNS(=O)(=O)c1ccc(CCCO)cc1. The van der Waals surface area contributed by atoms with Gasteiger partial charge >= 0.3 is 0 Å². The Kier molecular flexibility index (Phi) is 5.05. The number of sulfonamides is 1. The zero-order chi connectivity index (χ0) is 15.3. The van der Waals surface area contributed by atoms with Crippen LogP contribution in [0.15, 0.2) is 35.5 Å². The largest absolute Gasteiger partial charge is 0.396 e. The second kappa shape index (κ2) is 6.79. The van der Waals surface area contributed by atoms with Crippen molar-refractivity contribution >= 4 is 10.0 Å². The van der Waals surface area contributed by atoms with Gasteiger partial charge in [-0.25, -0.2) is 13.1 Å². The maximum atomic E-state index is 12.2. The smallest absolute Gasteiger partial charge is 0.240 e. The van der Waals surface area contributed by atoms with E-state index in [0.29, 0.717) is 12.2 Å². The molecule has 1 aromatic heterocycles. The van der Waals surface area contributed by atoms with E-state index in [2.05, 4.69) is 14.9 Å². The first-order valence-electron chi connectivity index (χ1n) is 6.55. The Morgan fingerprint density at radius 2 is 2.00 bits per heavy atom. The van der Waals surface area contributed by atoms with Gasteiger partial charge in [-0.2, -0.15) is 0 Å². The molecule has 114 valence electrons. The van der Waals surface area contributed by atoms with Crippen LogP contribution < -0.4 is 4.72 Å². The molecule has 7 nitrogen and oxygen atoms in total. The van der Waals surface area contributed by atoms with Gasteiger partial charge in [-0.05, 0) is 30.5 Å². The molecule has 0 amide bonds. The summed E-state index contributed by atoms with van der Waals surface area (Å²) < 4.78 is 28.5. The lowest BCUT2D eigenvalue weighted by molar-refractivity contribution is 0.288. The van der Waals surface area contributed by atoms with Gasteiger partial charge in [0.05, 0.1) is 11.4 Å². The van der Waals surface area contributed by atoms with Crippen LogP contribution in [0.4, 0.5) is 0 Å². The highest BCUT2D eigenvalue weighted by atomic mass is 32.2. The molecule has 0 aliphatic rings. The van der Waals surface area contributed by atoms with Crippen molar-refractivity contribution in [1.29, 1.82) is 0 Å². The molecular weight excluding hydrogens is 292 g/mol. The second-order valence-corrected chi connectivity index (χ2v) is 6.42. The second-order valence-electron chi connectivity index (χ2n) is 4.65. The van der Waals surface area contributed by atoms with Crippen LogP contribution in [-0.4, -0.2) is 34.9 Å². The number of rotatable bonds is 7. The van der Waals surface area contributed by atoms with Gasteiger partial charge < -0.3 is 9.67 Å². The summed E-state index contributed by atoms with van der Waals surface area (Å²) in [4.78, 5) is 0.206. The average molecular weight is 310 g/mol. The number of aliphatic hydroxyl groups is 1. The van der Waals surface area contributed by atoms with Crippen LogP contribution in [0.5, 0.6) is 0 Å². The van der Waals surface area contributed by atoms with E-state index in [1.807, 2.05) is 0 Å². The van der Waals surface area contributed by atoms with Crippen molar-refractivity contribution < 1.29 is 13.5 Å². The van der Waals surface area contributed by atoms with Crippen molar-refractivity contribution in [2.45, 2.75) is 24.3 Å². The fourth-order valence-electron chi connectivity index (χ4n) is 1.83. The molecule has 1 aromatic carbocycles. The fourth-order valence-corrected chi connectivity index (χ4v) is 2.81. The Morgan fingerprint density at radius 1 is 1.29 bits per heavy atom. The summed E-state index contributed by atoms with van der Waals surface area (Å²) >= 11 is 0. The molecule has 8 heteroatoms. The monoisotopic (exact) mass is 310 g/mol. The van der Waals surface area contributed by atoms with Gasteiger partial charge in [-0.15, -0.1) is 10.2 Å². The summed E-state index contributed by atoms with van der Waals surface area (Å²) in [5.41, 5.74) is 0.997. The number of aryl methyl sites for hydroxylation is 2. The zero-order valence-corrected chi connectivity index (χ0v) is 12.5. The molecule has 0 spiro atoms. The number of benzene rings is 1. The third-order valence-electron chi connectivity index (χ3n) is 3.08. The first-order chi connectivity index (χ1) is 10.0. The van der Waals surface area contributed by atoms with Crippen molar-refractivity contribution in [2.24, 2.45) is 7.05 Å². The van der Waals surface area contributed by atoms with Crippen LogP contribution in [0.25, 0.3) is 0 Å². The minimum atomic E-state index is -3.57. The Labute approximate surface area is 123 Å². The normalized spacial score (nSPS) is 11.7. The third kappa shape index (κ3) is 4.10. The van der Waals surface area contributed by atoms with E-state index in [1.54, 1.807) is 35.9 Å². The number of nitrogens with zero attached hydrogens (tertiary/aromatic N) is 3. The highest BCUT2D eigenvalue weighted by molar-refractivity contribution is 7.89. The number of aliphatic hydroxyl groups excluding tert-OH is 1. The lowest BCUT2D eigenvalue weighted by atomic mass is 10.1. The Bertz CT molecular complexity index is 680. The zero-order valence-electron chi connectivity index (χ0n) is 11.7. The van der Waals surface area contributed by atoms with Crippen LogP contribution in [-0.2, 0) is 30.0 Å². The van der Waals surface area contributed by atoms with Crippen molar-refractivity contribution in [1.82, 2.24) is 19.5 Å². The van der Waals surface area contributed by atoms with E-state index in [0.717, 1.165) is 12.0 Å². The summed E-state index contributed by atoms with van der Waals surface area (Å²) in [5, 5.41) is 16.3. The molecule has 0 aliphatic heterocycles. The molecule has 0 fully saturated rings. The molecule has 0 aliphatic carbocycles. The van der Waals surface area contributed by atoms with Gasteiger partial charge in [0.15, 0.2) is 0 Å². The molecule has 0 saturated carbocycles. The molecule has 1 heterocycles. The fraction of sp³-hybridized carbons (Fsp3) is 0.385. The number of nitrogens with one attached hydrogen (secondary N) is 1. The topological polar surface area (TPSA) is 97.1 Å². The van der Waals surface area contributed by atoms with Gasteiger partial charge in [-0.1, -0.05) is 12.1 Å². The lowest BCUT2D eigenvalue weighted by Gasteiger charge is -2.07. The van der Waals surface area contributed by atoms with Crippen LogP contribution in [0, 0.1) is 0 Å². The summed E-state index contributed by atoms with van der Waals surface area (Å²) in [6.07, 6.45) is 2.90. The minimum Gasteiger partial charge on any atom is -0.396 e. The van der Waals surface area contributed by atoms with E-state index < -0.39 is 10.0 Å². The van der Waals surface area contributed by atoms with Crippen LogP contribution >= 0.6 is 0 Å². The Morgan fingerprint density at radius 3 is 2.57 bits per heavy atom. The maximum Gasteiger partial charge on any atom is 0.240 e. The van der Waals surface area contributed by atoms with Crippen LogP contribution in [0.3, 0.4) is 0 Å². The van der Waals surface area contributed by atoms with E-state index in [9.17, 15) is 8.42 Å². The Balaban J connectivity index is 2.03. The van der Waals surface area contributed by atoms with Crippen molar-refractivity contribution in [3.05, 3.63) is 42.0 Å². The number of aromatic nitrogens is 3. The molecule has 0 atom stereocenters. The standard InChI is InChI=1S/C13H18N4O3S/c1-17-10-14-16-13(17)9-15-21(19,20)12-6-4-11(5-7-12)3-2-8-18/h4-7,10,15,18H,2-3,8-9H2,1H3. The van der Waals surface area contributed by atoms with E-state index >= 15 is 0 Å². The first kappa shape index (κ1) is 15.6. The van der Waals surface area contributed by atoms with Crippen LogP contribution in [0.2, 0.25) is 0 Å². The van der Waals surface area contributed by atoms with Gasteiger partial charge in [0.2, 0.25) is 10.0 Å². The summed E-state index contributed by atoms with van der Waals surface area (Å²) in [6, 6.07) is 6.64. The Hall–Kier alpha value is -1.77. The van der Waals surface area contributed by atoms with Gasteiger partial charge in [0, 0.05) is 13.7 Å². The van der Waals surface area contributed by atoms with E-state index in [1.165, 1.54) is 6.33 Å². The maximum absolute atomic E-state index is 12.2. The number of hydrogen-bond acceptors (Lipinski definition) is 5. The molecule has 0 radical (unpaired) electrons. The molecule has 2 rings (SSSR count). The van der Waals surface area contributed by atoms with Crippen molar-refractivity contribution in [2.75, 3.05) is 6.61 Å². The highest BCUT2D eigenvalue weighted by Crippen LogP contribution is 2.12. The van der Waals surface area contributed by atoms with E-state index in [-0.39, 0.29) is 18.0 Å². The third-order valence-corrected chi connectivity index (χ3v) is 4.50. The van der Waals surface area contributed by atoms with Gasteiger partial charge in [0.1, 0.15) is 12.2 Å². The van der Waals surface area contributed by atoms with Crippen molar-refractivity contribution in [3.8, 4) is 0 Å². The minimum absolute atomic E-state index is 0.0884. The predicted molar refractivity (Wildman–Crippen MR) is 76.9 cm³/mol. The summed E-state index contributed by atoms with van der Waals surface area (Å²) in [6.45, 7) is 0.213. The molecule has 21 heavy (non-hydrogen) atoms. The van der Waals surface area contributed by atoms with Gasteiger partial charge in [-0.3, -0.25) is 0 Å². The number of hydrogen-bond donors (Lipinski definition) is 2. The molecule has 0 unspecified atom stereocenters. The molecule has 0 saturated heterocycles. The van der Waals surface area contributed by atoms with Gasteiger partial charge in [0.25, 0.3) is 0 Å². The molecule has 2 aromatic rings. The molecular formula is C13H18N4O3S. The average Bonchev–Trinajstić information content (AvgIpc) is 2.89. The summed E-state index contributed by atoms with van der Waals surface area (Å²) in [5.74, 6) is 0.540. The molecule has 2 N–H and O–H groups in total. The summed E-state index contributed by atoms with van der Waals surface area (Å²) in [7, 11) is -1.82. The van der Waals surface area contributed by atoms with Crippen LogP contribution in [0.1, 0.15) is 17.8 Å². The highest BCUT2D eigenvalue weighted by Gasteiger charge is 2.14. The first-order valence-corrected chi connectivity index (χ1v) is 8.03. The predicted octanol–water partition coefficient (Wildman–Crippen LogP) is 0.218. The molecule has 0 bridgehead atoms.